The van der Waals surface area contributed by atoms with Gasteiger partial charge in [0.25, 0.3) is 0 Å². The Bertz CT molecular complexity index is 304. The van der Waals surface area contributed by atoms with Crippen LogP contribution in [-0.2, 0) is 9.53 Å². The molecule has 15 heavy (non-hydrogen) atoms. The number of hydrogen-bond acceptors (Lipinski definition) is 3. The lowest BCUT2D eigenvalue weighted by Gasteiger charge is -2.23. The van der Waals surface area contributed by atoms with Crippen molar-refractivity contribution in [2.45, 2.75) is 12.5 Å². The van der Waals surface area contributed by atoms with Crippen molar-refractivity contribution in [2.75, 3.05) is 25.2 Å². The third kappa shape index (κ3) is 3.07. The zero-order valence-corrected chi connectivity index (χ0v) is 8.48. The predicted octanol–water partition coefficient (Wildman–Crippen LogP) is -0.0633. The number of aromatic nitrogens is 1. The number of rotatable bonds is 3. The summed E-state index contributed by atoms with van der Waals surface area (Å²) in [5.41, 5.74) is 2.75. The molecule has 82 valence electrons. The van der Waals surface area contributed by atoms with Gasteiger partial charge in [0, 0.05) is 31.4 Å². The first-order chi connectivity index (χ1) is 7.34. The Kier molecular flexibility index (Phi) is 3.37. The number of morpholine rings is 1. The lowest BCUT2D eigenvalue weighted by atomic mass is 10.2. The zero-order chi connectivity index (χ0) is 10.5. The number of amides is 1. The monoisotopic (exact) mass is 209 g/mol. The van der Waals surface area contributed by atoms with E-state index in [4.69, 9.17) is 4.74 Å². The van der Waals surface area contributed by atoms with Gasteiger partial charge in [0.05, 0.1) is 13.2 Å². The van der Waals surface area contributed by atoms with Gasteiger partial charge >= 0.3 is 0 Å². The molecular weight excluding hydrogens is 194 g/mol. The van der Waals surface area contributed by atoms with Gasteiger partial charge in [-0.2, -0.15) is 0 Å². The van der Waals surface area contributed by atoms with E-state index < -0.39 is 0 Å². The zero-order valence-electron chi connectivity index (χ0n) is 8.48. The molecule has 0 radical (unpaired) electrons. The van der Waals surface area contributed by atoms with E-state index in [1.165, 1.54) is 0 Å². The predicted molar refractivity (Wildman–Crippen MR) is 56.0 cm³/mol. The summed E-state index contributed by atoms with van der Waals surface area (Å²) in [6.07, 6.45) is 4.03. The van der Waals surface area contributed by atoms with E-state index in [2.05, 4.69) is 10.7 Å². The molecular formula is C10H15N3O2. The van der Waals surface area contributed by atoms with Crippen LogP contribution in [0.3, 0.4) is 0 Å². The SMILES string of the molecule is O=C(CC1COCCN1)Nn1cccc1. The minimum Gasteiger partial charge on any atom is -0.378 e. The molecule has 1 saturated heterocycles. The van der Waals surface area contributed by atoms with Crippen LogP contribution in [0.4, 0.5) is 0 Å². The quantitative estimate of drug-likeness (QED) is 0.733. The molecule has 1 aromatic rings. The second kappa shape index (κ2) is 4.95. The fraction of sp³-hybridized carbons (Fsp3) is 0.500. The molecule has 1 amide bonds. The Labute approximate surface area is 88.4 Å². The van der Waals surface area contributed by atoms with E-state index in [0.717, 1.165) is 13.2 Å². The van der Waals surface area contributed by atoms with Crippen molar-refractivity contribution in [3.63, 3.8) is 0 Å². The lowest BCUT2D eigenvalue weighted by Crippen LogP contribution is -2.43. The Hall–Kier alpha value is -1.33. The summed E-state index contributed by atoms with van der Waals surface area (Å²) in [5.74, 6) is -0.00537. The average Bonchev–Trinajstić information content (AvgIpc) is 2.71. The molecule has 1 aliphatic rings. The molecule has 5 nitrogen and oxygen atoms in total. The Morgan fingerprint density at radius 2 is 2.33 bits per heavy atom. The van der Waals surface area contributed by atoms with E-state index in [1.54, 1.807) is 17.1 Å². The molecule has 1 unspecified atom stereocenters. The van der Waals surface area contributed by atoms with Gasteiger partial charge in [-0.15, -0.1) is 0 Å². The van der Waals surface area contributed by atoms with E-state index >= 15 is 0 Å². The van der Waals surface area contributed by atoms with Crippen molar-refractivity contribution >= 4 is 5.91 Å². The molecule has 0 aliphatic carbocycles. The van der Waals surface area contributed by atoms with Gasteiger partial charge in [-0.3, -0.25) is 14.9 Å². The van der Waals surface area contributed by atoms with Crippen LogP contribution in [0.15, 0.2) is 24.5 Å². The fourth-order valence-corrected chi connectivity index (χ4v) is 1.57. The number of nitrogens with zero attached hydrogens (tertiary/aromatic N) is 1. The highest BCUT2D eigenvalue weighted by molar-refractivity contribution is 5.84. The minimum atomic E-state index is -0.00537. The summed E-state index contributed by atoms with van der Waals surface area (Å²) in [6, 6.07) is 3.86. The smallest absolute Gasteiger partial charge is 0.240 e. The first-order valence-corrected chi connectivity index (χ1v) is 5.08. The van der Waals surface area contributed by atoms with Crippen molar-refractivity contribution in [3.05, 3.63) is 24.5 Å². The van der Waals surface area contributed by atoms with Gasteiger partial charge in [-0.1, -0.05) is 0 Å². The van der Waals surface area contributed by atoms with Crippen molar-refractivity contribution < 1.29 is 9.53 Å². The summed E-state index contributed by atoms with van der Waals surface area (Å²) in [6.45, 7) is 2.16. The normalized spacial score (nSPS) is 21.2. The molecule has 2 heterocycles. The second-order valence-electron chi connectivity index (χ2n) is 3.56. The van der Waals surface area contributed by atoms with Gasteiger partial charge in [0.2, 0.25) is 5.91 Å². The number of nitrogens with one attached hydrogen (secondary N) is 2. The first-order valence-electron chi connectivity index (χ1n) is 5.08. The van der Waals surface area contributed by atoms with Crippen molar-refractivity contribution in [1.29, 1.82) is 0 Å². The molecule has 1 fully saturated rings. The maximum Gasteiger partial charge on any atom is 0.240 e. The lowest BCUT2D eigenvalue weighted by molar-refractivity contribution is -0.118. The Morgan fingerprint density at radius 3 is 3.00 bits per heavy atom. The topological polar surface area (TPSA) is 55.3 Å². The third-order valence-corrected chi connectivity index (χ3v) is 2.29. The largest absolute Gasteiger partial charge is 0.378 e. The molecule has 1 aliphatic heterocycles. The van der Waals surface area contributed by atoms with Crippen LogP contribution in [0.1, 0.15) is 6.42 Å². The summed E-state index contributed by atoms with van der Waals surface area (Å²) in [4.78, 5) is 11.6. The molecule has 5 heteroatoms. The van der Waals surface area contributed by atoms with Gasteiger partial charge in [0.15, 0.2) is 0 Å². The van der Waals surface area contributed by atoms with Gasteiger partial charge in [0.1, 0.15) is 0 Å². The molecule has 0 bridgehead atoms. The van der Waals surface area contributed by atoms with Crippen LogP contribution < -0.4 is 10.7 Å². The molecule has 1 aromatic heterocycles. The third-order valence-electron chi connectivity index (χ3n) is 2.29. The van der Waals surface area contributed by atoms with E-state index in [-0.39, 0.29) is 11.9 Å². The number of ether oxygens (including phenoxy) is 1. The standard InChI is InChI=1S/C10H15N3O2/c14-10(12-13-4-1-2-5-13)7-9-8-15-6-3-11-9/h1-2,4-5,9,11H,3,6-8H2,(H,12,14). The van der Waals surface area contributed by atoms with Crippen LogP contribution in [-0.4, -0.2) is 36.4 Å². The molecule has 1 atom stereocenters. The van der Waals surface area contributed by atoms with Crippen LogP contribution in [0.5, 0.6) is 0 Å². The highest BCUT2D eigenvalue weighted by Crippen LogP contribution is 1.98. The number of hydrogen-bond donors (Lipinski definition) is 2. The van der Waals surface area contributed by atoms with Crippen molar-refractivity contribution in [1.82, 2.24) is 9.99 Å². The molecule has 0 aromatic carbocycles. The van der Waals surface area contributed by atoms with Crippen LogP contribution >= 0.6 is 0 Å². The highest BCUT2D eigenvalue weighted by Gasteiger charge is 2.16. The van der Waals surface area contributed by atoms with Crippen molar-refractivity contribution in [3.8, 4) is 0 Å². The van der Waals surface area contributed by atoms with Crippen LogP contribution in [0.2, 0.25) is 0 Å². The maximum absolute atomic E-state index is 11.6. The van der Waals surface area contributed by atoms with E-state index in [0.29, 0.717) is 13.0 Å². The summed E-state index contributed by atoms with van der Waals surface area (Å²) in [5, 5.41) is 3.23. The first kappa shape index (κ1) is 10.2. The fourth-order valence-electron chi connectivity index (χ4n) is 1.57. The molecule has 2 N–H and O–H groups in total. The van der Waals surface area contributed by atoms with Crippen LogP contribution in [0, 0.1) is 0 Å². The van der Waals surface area contributed by atoms with E-state index in [9.17, 15) is 4.79 Å². The Morgan fingerprint density at radius 1 is 1.53 bits per heavy atom. The van der Waals surface area contributed by atoms with E-state index in [1.807, 2.05) is 12.1 Å². The second-order valence-corrected chi connectivity index (χ2v) is 3.56. The average molecular weight is 209 g/mol. The Balaban J connectivity index is 1.76. The highest BCUT2D eigenvalue weighted by atomic mass is 16.5. The van der Waals surface area contributed by atoms with Gasteiger partial charge in [-0.05, 0) is 12.1 Å². The summed E-state index contributed by atoms with van der Waals surface area (Å²) < 4.78 is 6.91. The molecule has 2 rings (SSSR count). The van der Waals surface area contributed by atoms with Crippen LogP contribution in [0.25, 0.3) is 0 Å². The summed E-state index contributed by atoms with van der Waals surface area (Å²) >= 11 is 0. The van der Waals surface area contributed by atoms with Crippen molar-refractivity contribution in [2.24, 2.45) is 0 Å². The minimum absolute atomic E-state index is 0.00537. The number of carbonyl (C=O) groups is 1. The van der Waals surface area contributed by atoms with Gasteiger partial charge in [-0.25, -0.2) is 0 Å². The maximum atomic E-state index is 11.6. The number of carbonyl (C=O) groups excluding carboxylic acids is 1. The molecule has 0 spiro atoms. The summed E-state index contributed by atoms with van der Waals surface area (Å²) in [7, 11) is 0. The molecule has 0 saturated carbocycles. The van der Waals surface area contributed by atoms with Gasteiger partial charge < -0.3 is 10.1 Å².